The molecule has 0 radical (unpaired) electrons. The number of carbonyl (C=O) groups is 1. The van der Waals surface area contributed by atoms with Crippen molar-refractivity contribution in [2.24, 2.45) is 5.73 Å². The second kappa shape index (κ2) is 7.30. The number of nitrogens with two attached hydrogens (primary N) is 1. The Morgan fingerprint density at radius 3 is 2.76 bits per heavy atom. The lowest BCUT2D eigenvalue weighted by molar-refractivity contribution is -0.121. The summed E-state index contributed by atoms with van der Waals surface area (Å²) in [4.78, 5) is 11.6. The second-order valence-electron chi connectivity index (χ2n) is 4.06. The molecule has 1 aromatic rings. The first-order valence-corrected chi connectivity index (χ1v) is 6.26. The van der Waals surface area contributed by atoms with Gasteiger partial charge in [-0.15, -0.1) is 0 Å². The molecule has 94 valence electrons. The minimum Gasteiger partial charge on any atom is -0.350 e. The quantitative estimate of drug-likeness (QED) is 0.767. The van der Waals surface area contributed by atoms with Crippen LogP contribution in [0.3, 0.4) is 0 Å². The van der Waals surface area contributed by atoms with Gasteiger partial charge in [-0.3, -0.25) is 4.79 Å². The van der Waals surface area contributed by atoms with Crippen LogP contribution >= 0.6 is 11.6 Å². The molecule has 0 aromatic heterocycles. The van der Waals surface area contributed by atoms with E-state index in [0.717, 1.165) is 18.4 Å². The molecule has 17 heavy (non-hydrogen) atoms. The zero-order valence-corrected chi connectivity index (χ0v) is 10.8. The lowest BCUT2D eigenvalue weighted by Gasteiger charge is -2.15. The summed E-state index contributed by atoms with van der Waals surface area (Å²) < 4.78 is 0. The molecule has 0 bridgehead atoms. The van der Waals surface area contributed by atoms with Crippen molar-refractivity contribution in [3.05, 3.63) is 34.9 Å². The maximum absolute atomic E-state index is 11.6. The first-order chi connectivity index (χ1) is 8.15. The lowest BCUT2D eigenvalue weighted by Crippen LogP contribution is -2.26. The summed E-state index contributed by atoms with van der Waals surface area (Å²) in [5.74, 6) is 0.0471. The number of halogens is 1. The van der Waals surface area contributed by atoms with E-state index in [4.69, 9.17) is 17.3 Å². The normalized spacial score (nSPS) is 12.2. The van der Waals surface area contributed by atoms with Crippen molar-refractivity contribution in [1.29, 1.82) is 0 Å². The first-order valence-electron chi connectivity index (χ1n) is 5.89. The van der Waals surface area contributed by atoms with E-state index < -0.39 is 0 Å². The molecule has 1 aromatic carbocycles. The van der Waals surface area contributed by atoms with Crippen LogP contribution in [0.4, 0.5) is 0 Å². The summed E-state index contributed by atoms with van der Waals surface area (Å²) in [5.41, 5.74) is 6.32. The molecule has 0 unspecified atom stereocenters. The van der Waals surface area contributed by atoms with Crippen molar-refractivity contribution in [3.63, 3.8) is 0 Å². The number of nitrogens with one attached hydrogen (secondary N) is 1. The molecule has 1 amide bonds. The Kier molecular flexibility index (Phi) is 6.01. The number of unbranched alkanes of at least 4 members (excludes halogenated alkanes) is 1. The summed E-state index contributed by atoms with van der Waals surface area (Å²) in [6.45, 7) is 2.56. The Morgan fingerprint density at radius 1 is 1.41 bits per heavy atom. The van der Waals surface area contributed by atoms with Gasteiger partial charge in [0.2, 0.25) is 5.91 Å². The van der Waals surface area contributed by atoms with E-state index in [0.29, 0.717) is 18.0 Å². The summed E-state index contributed by atoms with van der Waals surface area (Å²) in [7, 11) is 0. The third kappa shape index (κ3) is 4.75. The summed E-state index contributed by atoms with van der Waals surface area (Å²) in [6.07, 6.45) is 2.23. The smallest absolute Gasteiger partial charge is 0.220 e. The van der Waals surface area contributed by atoms with Gasteiger partial charge < -0.3 is 11.1 Å². The van der Waals surface area contributed by atoms with Crippen LogP contribution in [0.1, 0.15) is 37.8 Å². The predicted octanol–water partition coefficient (Wildman–Crippen LogP) is 2.65. The molecular formula is C13H19ClN2O. The van der Waals surface area contributed by atoms with E-state index in [-0.39, 0.29) is 11.9 Å². The Balaban J connectivity index is 2.46. The second-order valence-corrected chi connectivity index (χ2v) is 4.46. The highest BCUT2D eigenvalue weighted by Crippen LogP contribution is 2.22. The molecule has 0 aliphatic carbocycles. The molecule has 0 heterocycles. The first kappa shape index (κ1) is 14.0. The summed E-state index contributed by atoms with van der Waals surface area (Å²) >= 11 is 6.06. The Morgan fingerprint density at radius 2 is 2.12 bits per heavy atom. The van der Waals surface area contributed by atoms with Crippen molar-refractivity contribution in [2.45, 2.75) is 32.2 Å². The number of hydrogen-bond donors (Lipinski definition) is 2. The molecule has 0 spiro atoms. The van der Waals surface area contributed by atoms with Crippen molar-refractivity contribution in [2.75, 3.05) is 6.54 Å². The molecular weight excluding hydrogens is 236 g/mol. The highest BCUT2D eigenvalue weighted by Gasteiger charge is 2.11. The average Bonchev–Trinajstić information content (AvgIpc) is 2.29. The molecule has 0 fully saturated rings. The third-order valence-corrected chi connectivity index (χ3v) is 2.95. The van der Waals surface area contributed by atoms with Gasteiger partial charge in [0.05, 0.1) is 6.04 Å². The minimum atomic E-state index is -0.0610. The zero-order chi connectivity index (χ0) is 12.7. The summed E-state index contributed by atoms with van der Waals surface area (Å²) in [6, 6.07) is 7.48. The topological polar surface area (TPSA) is 55.1 Å². The minimum absolute atomic E-state index is 0.0471. The van der Waals surface area contributed by atoms with Crippen LogP contribution in [0, 0.1) is 0 Å². The van der Waals surface area contributed by atoms with Crippen LogP contribution in [0.25, 0.3) is 0 Å². The molecule has 0 saturated heterocycles. The number of benzene rings is 1. The van der Waals surface area contributed by atoms with E-state index in [9.17, 15) is 4.79 Å². The maximum Gasteiger partial charge on any atom is 0.220 e. The van der Waals surface area contributed by atoms with Gasteiger partial charge in [0.25, 0.3) is 0 Å². The highest BCUT2D eigenvalue weighted by molar-refractivity contribution is 6.31. The molecule has 4 heteroatoms. The zero-order valence-electron chi connectivity index (χ0n) is 10.1. The largest absolute Gasteiger partial charge is 0.350 e. The average molecular weight is 255 g/mol. The fourth-order valence-corrected chi connectivity index (χ4v) is 1.95. The lowest BCUT2D eigenvalue weighted by atomic mass is 10.1. The van der Waals surface area contributed by atoms with E-state index in [1.165, 1.54) is 0 Å². The molecule has 3 nitrogen and oxygen atoms in total. The molecule has 0 aliphatic heterocycles. The van der Waals surface area contributed by atoms with Crippen LogP contribution in [0.5, 0.6) is 0 Å². The standard InChI is InChI=1S/C13H19ClN2O/c1-10(11-6-2-3-7-12(11)14)16-13(17)8-4-5-9-15/h2-3,6-7,10H,4-5,8-9,15H2,1H3,(H,16,17)/t10-/m1/s1. The van der Waals surface area contributed by atoms with Crippen LogP contribution in [-0.2, 0) is 4.79 Å². The molecule has 3 N–H and O–H groups in total. The molecule has 1 atom stereocenters. The van der Waals surface area contributed by atoms with Crippen LogP contribution in [0.15, 0.2) is 24.3 Å². The van der Waals surface area contributed by atoms with Gasteiger partial charge in [-0.1, -0.05) is 29.8 Å². The number of hydrogen-bond acceptors (Lipinski definition) is 2. The van der Waals surface area contributed by atoms with Gasteiger partial charge in [0, 0.05) is 11.4 Å². The monoisotopic (exact) mass is 254 g/mol. The predicted molar refractivity (Wildman–Crippen MR) is 70.9 cm³/mol. The Hall–Kier alpha value is -1.06. The SMILES string of the molecule is C[C@@H](NC(=O)CCCCN)c1ccccc1Cl. The van der Waals surface area contributed by atoms with Gasteiger partial charge in [-0.05, 0) is 37.9 Å². The van der Waals surface area contributed by atoms with Crippen LogP contribution in [0.2, 0.25) is 5.02 Å². The van der Waals surface area contributed by atoms with E-state index in [1.54, 1.807) is 0 Å². The molecule has 0 saturated carbocycles. The van der Waals surface area contributed by atoms with Crippen LogP contribution in [-0.4, -0.2) is 12.5 Å². The Bertz CT molecular complexity index is 368. The van der Waals surface area contributed by atoms with Crippen LogP contribution < -0.4 is 11.1 Å². The highest BCUT2D eigenvalue weighted by atomic mass is 35.5. The third-order valence-electron chi connectivity index (χ3n) is 2.61. The van der Waals surface area contributed by atoms with E-state index in [1.807, 2.05) is 31.2 Å². The van der Waals surface area contributed by atoms with Gasteiger partial charge in [0.15, 0.2) is 0 Å². The van der Waals surface area contributed by atoms with Gasteiger partial charge in [0.1, 0.15) is 0 Å². The van der Waals surface area contributed by atoms with Crippen molar-refractivity contribution in [3.8, 4) is 0 Å². The van der Waals surface area contributed by atoms with E-state index >= 15 is 0 Å². The number of carbonyl (C=O) groups excluding carboxylic acids is 1. The number of rotatable bonds is 6. The fraction of sp³-hybridized carbons (Fsp3) is 0.462. The summed E-state index contributed by atoms with van der Waals surface area (Å²) in [5, 5.41) is 3.61. The molecule has 0 aliphatic rings. The van der Waals surface area contributed by atoms with E-state index in [2.05, 4.69) is 5.32 Å². The maximum atomic E-state index is 11.6. The van der Waals surface area contributed by atoms with Gasteiger partial charge in [-0.25, -0.2) is 0 Å². The van der Waals surface area contributed by atoms with Crippen molar-refractivity contribution >= 4 is 17.5 Å². The number of amides is 1. The van der Waals surface area contributed by atoms with Crippen molar-refractivity contribution < 1.29 is 4.79 Å². The van der Waals surface area contributed by atoms with Gasteiger partial charge >= 0.3 is 0 Å². The van der Waals surface area contributed by atoms with Crippen molar-refractivity contribution in [1.82, 2.24) is 5.32 Å². The Labute approximate surface area is 107 Å². The van der Waals surface area contributed by atoms with Gasteiger partial charge in [-0.2, -0.15) is 0 Å². The molecule has 1 rings (SSSR count). The fourth-order valence-electron chi connectivity index (χ4n) is 1.65.